The van der Waals surface area contributed by atoms with Crippen LogP contribution >= 0.6 is 0 Å². The fourth-order valence-corrected chi connectivity index (χ4v) is 1.03. The van der Waals surface area contributed by atoms with E-state index in [2.05, 4.69) is 0 Å². The van der Waals surface area contributed by atoms with Crippen LogP contribution in [0.15, 0.2) is 16.5 Å². The van der Waals surface area contributed by atoms with E-state index in [1.165, 1.54) is 0 Å². The van der Waals surface area contributed by atoms with E-state index in [4.69, 9.17) is 14.6 Å². The normalized spacial score (nSPS) is 10.0. The molecule has 0 aromatic carbocycles. The third kappa shape index (κ3) is 3.30. The second kappa shape index (κ2) is 4.45. The standard InChI is InChI=1S/C9H10O5/c10-8(11)4-3-6-1-2-7(14-6)5-9(12)13/h1-2H,3-5H2,(H,10,11)(H,12,13). The van der Waals surface area contributed by atoms with Crippen LogP contribution in [0.1, 0.15) is 17.9 Å². The van der Waals surface area contributed by atoms with E-state index in [0.29, 0.717) is 11.5 Å². The molecule has 0 bridgehead atoms. The fourth-order valence-electron chi connectivity index (χ4n) is 1.03. The molecule has 0 amide bonds. The maximum atomic E-state index is 10.3. The molecule has 0 aliphatic carbocycles. The molecule has 0 radical (unpaired) electrons. The molecule has 0 spiro atoms. The van der Waals surface area contributed by atoms with Crippen molar-refractivity contribution in [1.82, 2.24) is 0 Å². The van der Waals surface area contributed by atoms with Crippen LogP contribution in [-0.2, 0) is 22.4 Å². The van der Waals surface area contributed by atoms with Gasteiger partial charge in [0.2, 0.25) is 0 Å². The van der Waals surface area contributed by atoms with Gasteiger partial charge in [-0.3, -0.25) is 9.59 Å². The maximum Gasteiger partial charge on any atom is 0.311 e. The van der Waals surface area contributed by atoms with Crippen LogP contribution in [-0.4, -0.2) is 22.2 Å². The number of hydrogen-bond acceptors (Lipinski definition) is 3. The Balaban J connectivity index is 2.50. The van der Waals surface area contributed by atoms with E-state index >= 15 is 0 Å². The summed E-state index contributed by atoms with van der Waals surface area (Å²) in [6, 6.07) is 3.15. The molecule has 76 valence electrons. The van der Waals surface area contributed by atoms with Crippen LogP contribution in [0, 0.1) is 0 Å². The molecule has 1 aromatic rings. The lowest BCUT2D eigenvalue weighted by molar-refractivity contribution is -0.138. The maximum absolute atomic E-state index is 10.3. The molecule has 0 unspecified atom stereocenters. The first kappa shape index (κ1) is 10.3. The van der Waals surface area contributed by atoms with Gasteiger partial charge in [0.1, 0.15) is 17.9 Å². The van der Waals surface area contributed by atoms with Crippen LogP contribution in [0.3, 0.4) is 0 Å². The molecule has 1 heterocycles. The van der Waals surface area contributed by atoms with Gasteiger partial charge < -0.3 is 14.6 Å². The van der Waals surface area contributed by atoms with Crippen molar-refractivity contribution in [2.75, 3.05) is 0 Å². The second-order valence-electron chi connectivity index (χ2n) is 2.83. The average Bonchev–Trinajstić information content (AvgIpc) is 2.47. The van der Waals surface area contributed by atoms with Gasteiger partial charge in [-0.1, -0.05) is 0 Å². The molecule has 2 N–H and O–H groups in total. The molecular formula is C9H10O5. The van der Waals surface area contributed by atoms with Crippen LogP contribution in [0.4, 0.5) is 0 Å². The van der Waals surface area contributed by atoms with Crippen molar-refractivity contribution in [1.29, 1.82) is 0 Å². The Labute approximate surface area is 80.0 Å². The van der Waals surface area contributed by atoms with Gasteiger partial charge in [0.05, 0.1) is 6.42 Å². The molecule has 5 heteroatoms. The van der Waals surface area contributed by atoms with Crippen LogP contribution in [0.5, 0.6) is 0 Å². The lowest BCUT2D eigenvalue weighted by Gasteiger charge is -1.92. The lowest BCUT2D eigenvalue weighted by atomic mass is 10.2. The quantitative estimate of drug-likeness (QED) is 0.734. The molecule has 14 heavy (non-hydrogen) atoms. The summed E-state index contributed by atoms with van der Waals surface area (Å²) < 4.78 is 5.10. The summed E-state index contributed by atoms with van der Waals surface area (Å²) in [5.74, 6) is -1.02. The number of aliphatic carboxylic acids is 2. The first-order valence-corrected chi connectivity index (χ1v) is 4.09. The van der Waals surface area contributed by atoms with Crippen molar-refractivity contribution in [2.24, 2.45) is 0 Å². The minimum absolute atomic E-state index is 0.0139. The van der Waals surface area contributed by atoms with E-state index in [-0.39, 0.29) is 19.3 Å². The summed E-state index contributed by atoms with van der Waals surface area (Å²) in [6.45, 7) is 0. The Kier molecular flexibility index (Phi) is 3.28. The third-order valence-electron chi connectivity index (χ3n) is 1.63. The van der Waals surface area contributed by atoms with Crippen molar-refractivity contribution in [2.45, 2.75) is 19.3 Å². The number of hydrogen-bond donors (Lipinski definition) is 2. The van der Waals surface area contributed by atoms with Crippen molar-refractivity contribution >= 4 is 11.9 Å². The monoisotopic (exact) mass is 198 g/mol. The number of aryl methyl sites for hydroxylation is 1. The summed E-state index contributed by atoms with van der Waals surface area (Å²) in [7, 11) is 0. The van der Waals surface area contributed by atoms with Crippen molar-refractivity contribution < 1.29 is 24.2 Å². The molecular weight excluding hydrogens is 188 g/mol. The highest BCUT2D eigenvalue weighted by atomic mass is 16.4. The Bertz CT molecular complexity index is 339. The molecule has 0 aliphatic rings. The number of furan rings is 1. The average molecular weight is 198 g/mol. The van der Waals surface area contributed by atoms with Crippen LogP contribution in [0.2, 0.25) is 0 Å². The largest absolute Gasteiger partial charge is 0.481 e. The molecule has 1 rings (SSSR count). The van der Waals surface area contributed by atoms with Gasteiger partial charge in [-0.2, -0.15) is 0 Å². The zero-order valence-corrected chi connectivity index (χ0v) is 7.40. The minimum Gasteiger partial charge on any atom is -0.481 e. The van der Waals surface area contributed by atoms with E-state index in [1.54, 1.807) is 12.1 Å². The van der Waals surface area contributed by atoms with Gasteiger partial charge in [0.15, 0.2) is 0 Å². The molecule has 0 atom stereocenters. The van der Waals surface area contributed by atoms with Gasteiger partial charge in [-0.05, 0) is 12.1 Å². The first-order valence-electron chi connectivity index (χ1n) is 4.09. The van der Waals surface area contributed by atoms with Crippen molar-refractivity contribution in [3.63, 3.8) is 0 Å². The Hall–Kier alpha value is -1.78. The predicted octanol–water partition coefficient (Wildman–Crippen LogP) is 0.924. The molecule has 1 aromatic heterocycles. The minimum atomic E-state index is -0.968. The Morgan fingerprint density at radius 3 is 2.36 bits per heavy atom. The van der Waals surface area contributed by atoms with Crippen molar-refractivity contribution in [3.05, 3.63) is 23.7 Å². The predicted molar refractivity (Wildman–Crippen MR) is 46.0 cm³/mol. The number of carbonyl (C=O) groups is 2. The molecule has 5 nitrogen and oxygen atoms in total. The van der Waals surface area contributed by atoms with Crippen LogP contribution < -0.4 is 0 Å². The van der Waals surface area contributed by atoms with Gasteiger partial charge in [-0.25, -0.2) is 0 Å². The van der Waals surface area contributed by atoms with Gasteiger partial charge >= 0.3 is 11.9 Å². The van der Waals surface area contributed by atoms with E-state index in [1.807, 2.05) is 0 Å². The highest BCUT2D eigenvalue weighted by Crippen LogP contribution is 2.10. The number of carboxylic acid groups (broad SMARTS) is 2. The Morgan fingerprint density at radius 1 is 1.14 bits per heavy atom. The van der Waals surface area contributed by atoms with E-state index < -0.39 is 11.9 Å². The van der Waals surface area contributed by atoms with E-state index in [0.717, 1.165) is 0 Å². The number of carboxylic acids is 2. The van der Waals surface area contributed by atoms with Gasteiger partial charge in [-0.15, -0.1) is 0 Å². The third-order valence-corrected chi connectivity index (χ3v) is 1.63. The summed E-state index contributed by atoms with van der Waals surface area (Å²) in [6.07, 6.45) is 0.0993. The molecule has 0 aliphatic heterocycles. The zero-order chi connectivity index (χ0) is 10.6. The number of rotatable bonds is 5. The molecule has 0 fully saturated rings. The van der Waals surface area contributed by atoms with Gasteiger partial charge in [0.25, 0.3) is 0 Å². The summed E-state index contributed by atoms with van der Waals surface area (Å²) >= 11 is 0. The van der Waals surface area contributed by atoms with Gasteiger partial charge in [0, 0.05) is 6.42 Å². The topological polar surface area (TPSA) is 87.7 Å². The smallest absolute Gasteiger partial charge is 0.311 e. The summed E-state index contributed by atoms with van der Waals surface area (Å²) in [5.41, 5.74) is 0. The zero-order valence-electron chi connectivity index (χ0n) is 7.40. The summed E-state index contributed by atoms with van der Waals surface area (Å²) in [4.78, 5) is 20.5. The van der Waals surface area contributed by atoms with Crippen LogP contribution in [0.25, 0.3) is 0 Å². The SMILES string of the molecule is O=C(O)CCc1ccc(CC(=O)O)o1. The lowest BCUT2D eigenvalue weighted by Crippen LogP contribution is -1.98. The van der Waals surface area contributed by atoms with E-state index in [9.17, 15) is 9.59 Å². The molecule has 0 saturated heterocycles. The second-order valence-corrected chi connectivity index (χ2v) is 2.83. The highest BCUT2D eigenvalue weighted by molar-refractivity contribution is 5.69. The Morgan fingerprint density at radius 2 is 1.79 bits per heavy atom. The fraction of sp³-hybridized carbons (Fsp3) is 0.333. The molecule has 0 saturated carbocycles. The summed E-state index contributed by atoms with van der Waals surface area (Å²) in [5, 5.41) is 16.8. The highest BCUT2D eigenvalue weighted by Gasteiger charge is 2.07. The van der Waals surface area contributed by atoms with Crippen molar-refractivity contribution in [3.8, 4) is 0 Å². The first-order chi connectivity index (χ1) is 6.58.